The fraction of sp³-hybridized carbons (Fsp3) is 0.231. The van der Waals surface area contributed by atoms with E-state index in [1.165, 1.54) is 65.5 Å². The largest absolute Gasteiger partial charge is 3.00 e. The van der Waals surface area contributed by atoms with Gasteiger partial charge in [0.15, 0.2) is 0 Å². The van der Waals surface area contributed by atoms with Crippen molar-refractivity contribution in [1.29, 1.82) is 0 Å². The maximum atomic E-state index is 3.77. The smallest absolute Gasteiger partial charge is 0.358 e. The number of hydrogen-bond donors (Lipinski definition) is 0. The normalized spacial score (nSPS) is 17.3. The van der Waals surface area contributed by atoms with Crippen LogP contribution < -0.4 is 0 Å². The van der Waals surface area contributed by atoms with Crippen LogP contribution in [0.25, 0.3) is 11.1 Å². The third kappa shape index (κ3) is 3.71. The van der Waals surface area contributed by atoms with Crippen LogP contribution in [0.3, 0.4) is 0 Å². The Balaban J connectivity index is 0.000000871. The van der Waals surface area contributed by atoms with E-state index in [-0.39, 0.29) is 36.6 Å². The van der Waals surface area contributed by atoms with Crippen molar-refractivity contribution in [1.82, 2.24) is 0 Å². The Labute approximate surface area is 180 Å². The molecule has 1 fully saturated rings. The summed E-state index contributed by atoms with van der Waals surface area (Å²) < 4.78 is 0. The van der Waals surface area contributed by atoms with Crippen LogP contribution in [0.2, 0.25) is 0 Å². The van der Waals surface area contributed by atoms with E-state index >= 15 is 0 Å². The van der Waals surface area contributed by atoms with Gasteiger partial charge in [0.25, 0.3) is 0 Å². The molecule has 1 saturated carbocycles. The Kier molecular flexibility index (Phi) is 7.26. The van der Waals surface area contributed by atoms with Gasteiger partial charge >= 0.3 is 21.7 Å². The predicted molar refractivity (Wildman–Crippen MR) is 113 cm³/mol. The maximum Gasteiger partial charge on any atom is 3.00 e. The SMILES string of the molecule is [C-]1=C(C2c3ccccc3-c3ccccc32)C=CC1=C1CCCCC1.[CH3-].[CH3-].[Ti+3]. The molecule has 0 unspecified atom stereocenters. The Morgan fingerprint density at radius 1 is 0.704 bits per heavy atom. The van der Waals surface area contributed by atoms with E-state index in [1.54, 1.807) is 5.57 Å². The molecule has 0 saturated heterocycles. The summed E-state index contributed by atoms with van der Waals surface area (Å²) in [5.74, 6) is 0.343. The van der Waals surface area contributed by atoms with Crippen molar-refractivity contribution in [3.8, 4) is 11.1 Å². The van der Waals surface area contributed by atoms with Crippen molar-refractivity contribution < 1.29 is 21.7 Å². The Morgan fingerprint density at radius 2 is 1.26 bits per heavy atom. The molecule has 0 amide bonds. The molecule has 3 aliphatic rings. The summed E-state index contributed by atoms with van der Waals surface area (Å²) >= 11 is 0. The summed E-state index contributed by atoms with van der Waals surface area (Å²) in [4.78, 5) is 0. The first-order valence-corrected chi connectivity index (χ1v) is 9.14. The quantitative estimate of drug-likeness (QED) is 0.357. The van der Waals surface area contributed by atoms with E-state index in [0.717, 1.165) is 0 Å². The van der Waals surface area contributed by atoms with Crippen LogP contribution in [0.1, 0.15) is 49.1 Å². The molecule has 0 nitrogen and oxygen atoms in total. The average molecular weight is 387 g/mol. The topological polar surface area (TPSA) is 0 Å². The average Bonchev–Trinajstić information content (AvgIpc) is 3.25. The molecule has 2 aromatic rings. The molecule has 2 aromatic carbocycles. The first kappa shape index (κ1) is 21.7. The second-order valence-corrected chi connectivity index (χ2v) is 7.10. The molecule has 0 bridgehead atoms. The molecule has 0 atom stereocenters. The second kappa shape index (κ2) is 9.04. The zero-order valence-electron chi connectivity index (χ0n) is 16.4. The van der Waals surface area contributed by atoms with E-state index in [1.807, 2.05) is 0 Å². The molecule has 0 N–H and O–H groups in total. The summed E-state index contributed by atoms with van der Waals surface area (Å²) in [6, 6.07) is 17.7. The molecule has 1 radical (unpaired) electrons. The minimum absolute atomic E-state index is 0. The van der Waals surface area contributed by atoms with Crippen LogP contribution in [-0.4, -0.2) is 0 Å². The molecule has 5 rings (SSSR count). The molecule has 3 aliphatic carbocycles. The molecule has 27 heavy (non-hydrogen) atoms. The zero-order chi connectivity index (χ0) is 15.9. The third-order valence-electron chi connectivity index (χ3n) is 5.69. The number of allylic oxidation sites excluding steroid dienone is 6. The molecule has 135 valence electrons. The van der Waals surface area contributed by atoms with Gasteiger partial charge < -0.3 is 14.9 Å². The fourth-order valence-electron chi connectivity index (χ4n) is 4.53. The third-order valence-corrected chi connectivity index (χ3v) is 5.69. The minimum atomic E-state index is 0. The summed E-state index contributed by atoms with van der Waals surface area (Å²) in [7, 11) is 0. The number of benzene rings is 2. The minimum Gasteiger partial charge on any atom is -0.358 e. The Hall–Kier alpha value is -1.63. The standard InChI is InChI=1S/C24H21.2CH3.Ti/c1-2-8-17(9-3-1)18-14-15-19(16-18)24-22-12-6-4-10-20(22)21-11-5-7-13-23(21)24;;;/h4-7,10-15,24H,1-3,8-9H2;2*1H3;/q3*-1;+3. The van der Waals surface area contributed by atoms with Crippen LogP contribution in [0.4, 0.5) is 0 Å². The first-order valence-electron chi connectivity index (χ1n) is 9.14. The number of hydrogen-bond acceptors (Lipinski definition) is 0. The van der Waals surface area contributed by atoms with Crippen LogP contribution in [0, 0.1) is 20.9 Å². The van der Waals surface area contributed by atoms with Gasteiger partial charge in [-0.3, -0.25) is 0 Å². The van der Waals surface area contributed by atoms with E-state index in [2.05, 4.69) is 66.8 Å². The van der Waals surface area contributed by atoms with Crippen molar-refractivity contribution in [2.24, 2.45) is 0 Å². The van der Waals surface area contributed by atoms with Crippen LogP contribution in [0.15, 0.2) is 77.4 Å². The van der Waals surface area contributed by atoms with Gasteiger partial charge in [0.2, 0.25) is 0 Å². The monoisotopic (exact) mass is 387 g/mol. The summed E-state index contributed by atoms with van der Waals surface area (Å²) in [5.41, 5.74) is 9.96. The first-order chi connectivity index (χ1) is 11.9. The summed E-state index contributed by atoms with van der Waals surface area (Å²) in [6.45, 7) is 0. The van der Waals surface area contributed by atoms with Gasteiger partial charge in [0, 0.05) is 5.92 Å². The Bertz CT molecular complexity index is 844. The van der Waals surface area contributed by atoms with E-state index in [4.69, 9.17) is 0 Å². The molecule has 1 heteroatoms. The van der Waals surface area contributed by atoms with Gasteiger partial charge in [-0.25, -0.2) is 0 Å². The van der Waals surface area contributed by atoms with Gasteiger partial charge in [0.1, 0.15) is 0 Å². The molecule has 0 spiro atoms. The van der Waals surface area contributed by atoms with Gasteiger partial charge in [-0.1, -0.05) is 80.6 Å². The van der Waals surface area contributed by atoms with Crippen molar-refractivity contribution >= 4 is 0 Å². The molecular formula is C26H27Ti. The van der Waals surface area contributed by atoms with Crippen LogP contribution >= 0.6 is 0 Å². The van der Waals surface area contributed by atoms with Crippen molar-refractivity contribution in [2.45, 2.75) is 38.0 Å². The van der Waals surface area contributed by atoms with E-state index in [0.29, 0.717) is 5.92 Å². The number of rotatable bonds is 1. The van der Waals surface area contributed by atoms with Crippen molar-refractivity contribution in [3.05, 3.63) is 109 Å². The maximum absolute atomic E-state index is 3.77. The second-order valence-electron chi connectivity index (χ2n) is 7.10. The summed E-state index contributed by atoms with van der Waals surface area (Å²) in [6.07, 6.45) is 15.0. The van der Waals surface area contributed by atoms with E-state index in [9.17, 15) is 0 Å². The number of fused-ring (bicyclic) bond motifs is 3. The summed E-state index contributed by atoms with van der Waals surface area (Å²) in [5, 5.41) is 0. The Morgan fingerprint density at radius 3 is 1.85 bits per heavy atom. The van der Waals surface area contributed by atoms with Crippen LogP contribution in [-0.2, 0) is 21.7 Å². The van der Waals surface area contributed by atoms with Crippen molar-refractivity contribution in [3.63, 3.8) is 0 Å². The van der Waals surface area contributed by atoms with Gasteiger partial charge in [-0.15, -0.1) is 17.2 Å². The van der Waals surface area contributed by atoms with Crippen LogP contribution in [0.5, 0.6) is 0 Å². The zero-order valence-corrected chi connectivity index (χ0v) is 17.9. The fourth-order valence-corrected chi connectivity index (χ4v) is 4.53. The molecule has 0 aliphatic heterocycles. The molecule has 0 aromatic heterocycles. The molecule has 0 heterocycles. The van der Waals surface area contributed by atoms with Gasteiger partial charge in [-0.2, -0.15) is 17.7 Å². The van der Waals surface area contributed by atoms with Crippen molar-refractivity contribution in [2.75, 3.05) is 0 Å². The van der Waals surface area contributed by atoms with Gasteiger partial charge in [-0.05, 0) is 22.3 Å². The predicted octanol–water partition coefficient (Wildman–Crippen LogP) is 7.26. The molecular weight excluding hydrogens is 360 g/mol. The van der Waals surface area contributed by atoms with Gasteiger partial charge in [0.05, 0.1) is 0 Å². The van der Waals surface area contributed by atoms with E-state index < -0.39 is 0 Å².